The summed E-state index contributed by atoms with van der Waals surface area (Å²) in [6, 6.07) is 8.97. The van der Waals surface area contributed by atoms with E-state index in [1.807, 2.05) is 6.07 Å². The molecule has 178 valence electrons. The first-order valence-corrected chi connectivity index (χ1v) is 12.8. The first kappa shape index (κ1) is 24.3. The molecular formula is C22H22Cl2N6O3S. The average molecular weight is 521 g/mol. The van der Waals surface area contributed by atoms with Crippen LogP contribution in [0.2, 0.25) is 10.0 Å². The Balaban J connectivity index is 1.63. The summed E-state index contributed by atoms with van der Waals surface area (Å²) < 4.78 is 28.9. The molecule has 4 N–H and O–H groups in total. The number of nitrogens with zero attached hydrogens (tertiary/aromatic N) is 3. The molecule has 1 fully saturated rings. The third-order valence-corrected chi connectivity index (χ3v) is 7.95. The number of halogens is 2. The molecule has 1 aliphatic rings. The molecule has 4 rings (SSSR count). The molecule has 34 heavy (non-hydrogen) atoms. The van der Waals surface area contributed by atoms with Crippen LogP contribution in [0.3, 0.4) is 0 Å². The van der Waals surface area contributed by atoms with Crippen LogP contribution in [0.15, 0.2) is 41.6 Å². The van der Waals surface area contributed by atoms with E-state index in [-0.39, 0.29) is 38.9 Å². The third kappa shape index (κ3) is 5.13. The van der Waals surface area contributed by atoms with Gasteiger partial charge in [0.25, 0.3) is 0 Å². The SMILES string of the molecule is N#CC1CCN(C(=O)C(Cc2ccc3nc[nH]c3c2)NS(=O)(=O)c2cc(Cl)c(N)c(Cl)c2)CC1. The normalized spacial score (nSPS) is 15.9. The van der Waals surface area contributed by atoms with E-state index >= 15 is 0 Å². The maximum Gasteiger partial charge on any atom is 0.241 e. The highest BCUT2D eigenvalue weighted by molar-refractivity contribution is 7.89. The fourth-order valence-electron chi connectivity index (χ4n) is 3.95. The second-order valence-electron chi connectivity index (χ2n) is 8.16. The van der Waals surface area contributed by atoms with Gasteiger partial charge in [-0.3, -0.25) is 4.79 Å². The van der Waals surface area contributed by atoms with Crippen molar-refractivity contribution in [2.24, 2.45) is 5.92 Å². The molecule has 1 unspecified atom stereocenters. The molecule has 2 heterocycles. The number of H-pyrrole nitrogens is 1. The summed E-state index contributed by atoms with van der Waals surface area (Å²) in [5, 5.41) is 9.15. The summed E-state index contributed by atoms with van der Waals surface area (Å²) >= 11 is 12.1. The van der Waals surface area contributed by atoms with Gasteiger partial charge in [0.15, 0.2) is 0 Å². The van der Waals surface area contributed by atoms with Crippen LogP contribution in [0.25, 0.3) is 11.0 Å². The molecule has 0 spiro atoms. The van der Waals surface area contributed by atoms with Gasteiger partial charge in [-0.05, 0) is 49.1 Å². The molecule has 0 bridgehead atoms. The summed E-state index contributed by atoms with van der Waals surface area (Å²) in [6.45, 7) is 0.767. The molecule has 1 atom stereocenters. The number of aromatic amines is 1. The van der Waals surface area contributed by atoms with Gasteiger partial charge < -0.3 is 15.6 Å². The lowest BCUT2D eigenvalue weighted by molar-refractivity contribution is -0.134. The number of rotatable bonds is 6. The molecule has 0 saturated carbocycles. The number of sulfonamides is 1. The maximum atomic E-state index is 13.4. The van der Waals surface area contributed by atoms with Gasteiger partial charge in [-0.25, -0.2) is 13.4 Å². The second-order valence-corrected chi connectivity index (χ2v) is 10.7. The van der Waals surface area contributed by atoms with Gasteiger partial charge in [0, 0.05) is 19.0 Å². The Hall–Kier alpha value is -2.84. The lowest BCUT2D eigenvalue weighted by Crippen LogP contribution is -2.51. The summed E-state index contributed by atoms with van der Waals surface area (Å²) in [5.74, 6) is -0.474. The Bertz CT molecular complexity index is 1350. The number of piperidine rings is 1. The zero-order valence-electron chi connectivity index (χ0n) is 18.0. The lowest BCUT2D eigenvalue weighted by Gasteiger charge is -2.32. The zero-order chi connectivity index (χ0) is 24.5. The number of hydrogen-bond donors (Lipinski definition) is 3. The monoisotopic (exact) mass is 520 g/mol. The van der Waals surface area contributed by atoms with Gasteiger partial charge in [0.05, 0.1) is 44.1 Å². The van der Waals surface area contributed by atoms with E-state index in [9.17, 15) is 13.2 Å². The fraction of sp³-hybridized carbons (Fsp3) is 0.318. The van der Waals surface area contributed by atoms with Gasteiger partial charge in [-0.15, -0.1) is 0 Å². The highest BCUT2D eigenvalue weighted by Crippen LogP contribution is 2.31. The predicted octanol–water partition coefficient (Wildman–Crippen LogP) is 3.10. The van der Waals surface area contributed by atoms with E-state index in [0.717, 1.165) is 16.6 Å². The van der Waals surface area contributed by atoms with Gasteiger partial charge >= 0.3 is 0 Å². The highest BCUT2D eigenvalue weighted by Gasteiger charge is 2.32. The zero-order valence-corrected chi connectivity index (χ0v) is 20.3. The Morgan fingerprint density at radius 2 is 1.94 bits per heavy atom. The molecule has 0 aliphatic carbocycles. The van der Waals surface area contributed by atoms with Crippen LogP contribution >= 0.6 is 23.2 Å². The van der Waals surface area contributed by atoms with E-state index in [1.165, 1.54) is 12.1 Å². The lowest BCUT2D eigenvalue weighted by atomic mass is 9.97. The molecule has 12 heteroatoms. The van der Waals surface area contributed by atoms with Crippen molar-refractivity contribution in [1.82, 2.24) is 19.6 Å². The first-order valence-electron chi connectivity index (χ1n) is 10.5. The number of aromatic nitrogens is 2. The maximum absolute atomic E-state index is 13.4. The highest BCUT2D eigenvalue weighted by atomic mass is 35.5. The Morgan fingerprint density at radius 1 is 1.26 bits per heavy atom. The van der Waals surface area contributed by atoms with Crippen LogP contribution in [-0.2, 0) is 21.2 Å². The van der Waals surface area contributed by atoms with Crippen LogP contribution in [0.1, 0.15) is 18.4 Å². The van der Waals surface area contributed by atoms with E-state index in [0.29, 0.717) is 25.9 Å². The molecule has 0 radical (unpaired) electrons. The number of hydrogen-bond acceptors (Lipinski definition) is 6. The standard InChI is InChI=1S/C22H22Cl2N6O3S/c23-16-9-15(10-17(24)21(16)26)34(32,33)29-20(22(31)30-5-3-13(11-25)4-6-30)8-14-1-2-18-19(7-14)28-12-27-18/h1-2,7,9-10,12-13,20,29H,3-6,8,26H2,(H,27,28). The summed E-state index contributed by atoms with van der Waals surface area (Å²) in [6.07, 6.45) is 2.77. The smallest absolute Gasteiger partial charge is 0.241 e. The quantitative estimate of drug-likeness (QED) is 0.425. The Kier molecular flexibility index (Phi) is 7.00. The van der Waals surface area contributed by atoms with Crippen molar-refractivity contribution in [3.63, 3.8) is 0 Å². The van der Waals surface area contributed by atoms with Crippen LogP contribution in [0.5, 0.6) is 0 Å². The molecular weight excluding hydrogens is 499 g/mol. The second kappa shape index (κ2) is 9.80. The van der Waals surface area contributed by atoms with E-state index in [4.69, 9.17) is 34.2 Å². The van der Waals surface area contributed by atoms with E-state index in [2.05, 4.69) is 20.8 Å². The minimum Gasteiger partial charge on any atom is -0.396 e. The summed E-state index contributed by atoms with van der Waals surface area (Å²) in [5.41, 5.74) is 8.09. The number of nitriles is 1. The summed E-state index contributed by atoms with van der Waals surface area (Å²) in [4.78, 5) is 22.0. The number of likely N-dealkylation sites (tertiary alicyclic amines) is 1. The van der Waals surface area contributed by atoms with E-state index < -0.39 is 16.1 Å². The number of amides is 1. The third-order valence-electron chi connectivity index (χ3n) is 5.87. The Labute approximate surface area is 206 Å². The molecule has 1 amide bonds. The van der Waals surface area contributed by atoms with Gasteiger partial charge in [-0.2, -0.15) is 9.98 Å². The number of benzene rings is 2. The minimum absolute atomic E-state index is 0.000904. The number of anilines is 1. The van der Waals surface area contributed by atoms with Crippen LogP contribution in [0.4, 0.5) is 5.69 Å². The molecule has 1 aromatic heterocycles. The largest absolute Gasteiger partial charge is 0.396 e. The summed E-state index contributed by atoms with van der Waals surface area (Å²) in [7, 11) is -4.17. The van der Waals surface area contributed by atoms with Gasteiger partial charge in [0.1, 0.15) is 6.04 Å². The van der Waals surface area contributed by atoms with Crippen molar-refractivity contribution >= 4 is 55.9 Å². The van der Waals surface area contributed by atoms with Crippen LogP contribution in [0, 0.1) is 17.2 Å². The number of carbonyl (C=O) groups is 1. The molecule has 3 aromatic rings. The average Bonchev–Trinajstić information content (AvgIpc) is 3.29. The molecule has 1 saturated heterocycles. The molecule has 1 aliphatic heterocycles. The number of nitrogen functional groups attached to an aromatic ring is 1. The van der Waals surface area contributed by atoms with Crippen molar-refractivity contribution in [2.45, 2.75) is 30.2 Å². The van der Waals surface area contributed by atoms with E-state index in [1.54, 1.807) is 23.4 Å². The fourth-order valence-corrected chi connectivity index (χ4v) is 5.80. The number of carbonyl (C=O) groups excluding carboxylic acids is 1. The van der Waals surface area contributed by atoms with Crippen molar-refractivity contribution in [1.29, 1.82) is 5.26 Å². The van der Waals surface area contributed by atoms with Gasteiger partial charge in [0.2, 0.25) is 15.9 Å². The van der Waals surface area contributed by atoms with Crippen molar-refractivity contribution < 1.29 is 13.2 Å². The first-order chi connectivity index (χ1) is 16.2. The number of imidazole rings is 1. The van der Waals surface area contributed by atoms with Crippen molar-refractivity contribution in [2.75, 3.05) is 18.8 Å². The molecule has 2 aromatic carbocycles. The Morgan fingerprint density at radius 3 is 2.59 bits per heavy atom. The number of fused-ring (bicyclic) bond motifs is 1. The number of nitrogens with one attached hydrogen (secondary N) is 2. The van der Waals surface area contributed by atoms with Crippen LogP contribution in [-0.4, -0.2) is 48.3 Å². The number of nitrogens with two attached hydrogens (primary N) is 1. The van der Waals surface area contributed by atoms with Crippen molar-refractivity contribution in [3.05, 3.63) is 52.3 Å². The van der Waals surface area contributed by atoms with Crippen molar-refractivity contribution in [3.8, 4) is 6.07 Å². The van der Waals surface area contributed by atoms with Gasteiger partial charge in [-0.1, -0.05) is 29.3 Å². The predicted molar refractivity (Wildman–Crippen MR) is 130 cm³/mol. The van der Waals surface area contributed by atoms with Crippen LogP contribution < -0.4 is 10.5 Å². The minimum atomic E-state index is -4.17. The molecule has 9 nitrogen and oxygen atoms in total. The topological polar surface area (TPSA) is 145 Å².